The van der Waals surface area contributed by atoms with Gasteiger partial charge in [-0.1, -0.05) is 30.4 Å². The number of para-hydroxylation sites is 1. The first kappa shape index (κ1) is 11.5. The minimum Gasteiger partial charge on any atom is -0.324 e. The van der Waals surface area contributed by atoms with Crippen LogP contribution in [0.2, 0.25) is 0 Å². The Kier molecular flexibility index (Phi) is 3.15. The van der Waals surface area contributed by atoms with Crippen LogP contribution in [0.4, 0.5) is 5.69 Å². The third-order valence-electron chi connectivity index (χ3n) is 3.74. The monoisotopic (exact) mass is 242 g/mol. The summed E-state index contributed by atoms with van der Waals surface area (Å²) in [5.41, 5.74) is 2.20. The molecule has 3 rings (SSSR count). The summed E-state index contributed by atoms with van der Waals surface area (Å²) in [6, 6.07) is 8.43. The van der Waals surface area contributed by atoms with Crippen molar-refractivity contribution in [1.82, 2.24) is 5.32 Å². The van der Waals surface area contributed by atoms with Crippen molar-refractivity contribution in [1.29, 1.82) is 0 Å². The van der Waals surface area contributed by atoms with Crippen LogP contribution in [-0.2, 0) is 11.2 Å². The quantitative estimate of drug-likeness (QED) is 0.781. The van der Waals surface area contributed by atoms with E-state index in [4.69, 9.17) is 0 Å². The van der Waals surface area contributed by atoms with Crippen LogP contribution in [-0.4, -0.2) is 18.0 Å². The van der Waals surface area contributed by atoms with E-state index >= 15 is 0 Å². The average molecular weight is 242 g/mol. The first-order valence-electron chi connectivity index (χ1n) is 6.63. The summed E-state index contributed by atoms with van der Waals surface area (Å²) in [6.07, 6.45) is 8.27. The Hall–Kier alpha value is -1.61. The topological polar surface area (TPSA) is 41.1 Å². The van der Waals surface area contributed by atoms with Crippen molar-refractivity contribution in [3.05, 3.63) is 42.0 Å². The van der Waals surface area contributed by atoms with Crippen molar-refractivity contribution in [2.24, 2.45) is 0 Å². The van der Waals surface area contributed by atoms with Crippen LogP contribution in [0.1, 0.15) is 24.8 Å². The largest absolute Gasteiger partial charge is 0.324 e. The van der Waals surface area contributed by atoms with E-state index in [0.717, 1.165) is 31.4 Å². The molecule has 3 heteroatoms. The molecule has 1 unspecified atom stereocenters. The fraction of sp³-hybridized carbons (Fsp3) is 0.400. The lowest BCUT2D eigenvalue weighted by atomic mass is 10.0. The number of carbonyl (C=O) groups excluding carboxylic acids is 1. The van der Waals surface area contributed by atoms with Gasteiger partial charge in [-0.25, -0.2) is 0 Å². The molecule has 1 aliphatic heterocycles. The van der Waals surface area contributed by atoms with Crippen molar-refractivity contribution in [3.8, 4) is 0 Å². The molecule has 3 nitrogen and oxygen atoms in total. The molecule has 1 heterocycles. The molecule has 0 bridgehead atoms. The highest BCUT2D eigenvalue weighted by Crippen LogP contribution is 2.22. The Morgan fingerprint density at radius 1 is 1.17 bits per heavy atom. The number of fused-ring (bicyclic) bond motifs is 1. The number of anilines is 1. The van der Waals surface area contributed by atoms with Gasteiger partial charge in [-0.3, -0.25) is 4.79 Å². The van der Waals surface area contributed by atoms with Gasteiger partial charge in [-0.05, 0) is 37.3 Å². The van der Waals surface area contributed by atoms with E-state index in [2.05, 4.69) is 28.9 Å². The SMILES string of the molecule is O=C1Nc2ccccc2CCC1NC1CC=CC1. The van der Waals surface area contributed by atoms with Crippen LogP contribution in [0, 0.1) is 0 Å². The number of hydrogen-bond acceptors (Lipinski definition) is 2. The zero-order valence-corrected chi connectivity index (χ0v) is 10.4. The molecule has 1 aromatic rings. The molecule has 0 spiro atoms. The highest BCUT2D eigenvalue weighted by atomic mass is 16.2. The number of aryl methyl sites for hydroxylation is 1. The van der Waals surface area contributed by atoms with Crippen LogP contribution < -0.4 is 10.6 Å². The van der Waals surface area contributed by atoms with Gasteiger partial charge in [0.15, 0.2) is 0 Å². The predicted molar refractivity (Wildman–Crippen MR) is 72.5 cm³/mol. The summed E-state index contributed by atoms with van der Waals surface area (Å²) >= 11 is 0. The summed E-state index contributed by atoms with van der Waals surface area (Å²) in [5.74, 6) is 0.104. The second kappa shape index (κ2) is 4.94. The number of benzene rings is 1. The second-order valence-corrected chi connectivity index (χ2v) is 5.04. The maximum Gasteiger partial charge on any atom is 0.241 e. The van der Waals surface area contributed by atoms with Crippen molar-refractivity contribution in [2.45, 2.75) is 37.8 Å². The molecule has 1 aliphatic carbocycles. The Morgan fingerprint density at radius 2 is 1.94 bits per heavy atom. The van der Waals surface area contributed by atoms with Gasteiger partial charge in [0, 0.05) is 11.7 Å². The summed E-state index contributed by atoms with van der Waals surface area (Å²) in [4.78, 5) is 12.2. The molecule has 1 aromatic carbocycles. The van der Waals surface area contributed by atoms with Crippen molar-refractivity contribution in [3.63, 3.8) is 0 Å². The fourth-order valence-corrected chi connectivity index (χ4v) is 2.71. The highest BCUT2D eigenvalue weighted by molar-refractivity contribution is 5.96. The smallest absolute Gasteiger partial charge is 0.241 e. The number of amides is 1. The fourth-order valence-electron chi connectivity index (χ4n) is 2.71. The van der Waals surface area contributed by atoms with Gasteiger partial charge >= 0.3 is 0 Å². The minimum absolute atomic E-state index is 0.0673. The molecule has 2 N–H and O–H groups in total. The van der Waals surface area contributed by atoms with Crippen LogP contribution in [0.15, 0.2) is 36.4 Å². The summed E-state index contributed by atoms with van der Waals surface area (Å²) in [5, 5.41) is 6.49. The average Bonchev–Trinajstić information content (AvgIpc) is 2.83. The summed E-state index contributed by atoms with van der Waals surface area (Å²) in [6.45, 7) is 0. The Labute approximate surface area is 107 Å². The van der Waals surface area contributed by atoms with Crippen molar-refractivity contribution in [2.75, 3.05) is 5.32 Å². The first-order valence-corrected chi connectivity index (χ1v) is 6.63. The molecule has 1 atom stereocenters. The minimum atomic E-state index is -0.0673. The highest BCUT2D eigenvalue weighted by Gasteiger charge is 2.25. The normalized spacial score (nSPS) is 23.6. The molecule has 18 heavy (non-hydrogen) atoms. The van der Waals surface area contributed by atoms with Gasteiger partial charge in [-0.2, -0.15) is 0 Å². The third kappa shape index (κ3) is 2.31. The lowest BCUT2D eigenvalue weighted by Gasteiger charge is -2.20. The van der Waals surface area contributed by atoms with E-state index < -0.39 is 0 Å². The van der Waals surface area contributed by atoms with Gasteiger partial charge in [-0.15, -0.1) is 0 Å². The Morgan fingerprint density at radius 3 is 2.78 bits per heavy atom. The molecule has 1 amide bonds. The van der Waals surface area contributed by atoms with Gasteiger partial charge in [0.2, 0.25) is 5.91 Å². The number of rotatable bonds is 2. The van der Waals surface area contributed by atoms with Gasteiger partial charge < -0.3 is 10.6 Å². The van der Waals surface area contributed by atoms with E-state index in [1.54, 1.807) is 0 Å². The maximum atomic E-state index is 12.2. The Bertz CT molecular complexity index is 473. The number of hydrogen-bond donors (Lipinski definition) is 2. The van der Waals surface area contributed by atoms with E-state index in [1.807, 2.05) is 18.2 Å². The lowest BCUT2D eigenvalue weighted by molar-refractivity contribution is -0.118. The lowest BCUT2D eigenvalue weighted by Crippen LogP contribution is -2.44. The van der Waals surface area contributed by atoms with Crippen LogP contribution in [0.5, 0.6) is 0 Å². The standard InChI is InChI=1S/C15H18N2O/c18-15-14(16-12-6-2-3-7-12)10-9-11-5-1-4-8-13(11)17-15/h1-5,8,12,14,16H,6-7,9-10H2,(H,17,18). The zero-order valence-electron chi connectivity index (χ0n) is 10.4. The summed E-state index contributed by atoms with van der Waals surface area (Å²) < 4.78 is 0. The van der Waals surface area contributed by atoms with Gasteiger partial charge in [0.1, 0.15) is 0 Å². The van der Waals surface area contributed by atoms with Crippen LogP contribution in [0.3, 0.4) is 0 Å². The first-order chi connectivity index (χ1) is 8.83. The summed E-state index contributed by atoms with van der Waals surface area (Å²) in [7, 11) is 0. The zero-order chi connectivity index (χ0) is 12.4. The molecule has 0 fully saturated rings. The van der Waals surface area contributed by atoms with Gasteiger partial charge in [0.25, 0.3) is 0 Å². The predicted octanol–water partition coefficient (Wildman–Crippen LogP) is 2.25. The van der Waals surface area contributed by atoms with Crippen LogP contribution >= 0.6 is 0 Å². The molecular weight excluding hydrogens is 224 g/mol. The molecule has 0 aromatic heterocycles. The molecule has 0 radical (unpaired) electrons. The van der Waals surface area contributed by atoms with Crippen molar-refractivity contribution >= 4 is 11.6 Å². The molecular formula is C15H18N2O. The molecule has 0 saturated heterocycles. The third-order valence-corrected chi connectivity index (χ3v) is 3.74. The maximum absolute atomic E-state index is 12.2. The van der Waals surface area contributed by atoms with E-state index in [0.29, 0.717) is 6.04 Å². The Balaban J connectivity index is 1.70. The van der Waals surface area contributed by atoms with Crippen molar-refractivity contribution < 1.29 is 4.79 Å². The van der Waals surface area contributed by atoms with E-state index in [9.17, 15) is 4.79 Å². The van der Waals surface area contributed by atoms with E-state index in [1.165, 1.54) is 5.56 Å². The van der Waals surface area contributed by atoms with E-state index in [-0.39, 0.29) is 11.9 Å². The molecule has 2 aliphatic rings. The molecule has 0 saturated carbocycles. The van der Waals surface area contributed by atoms with Gasteiger partial charge in [0.05, 0.1) is 6.04 Å². The number of carbonyl (C=O) groups is 1. The number of nitrogens with one attached hydrogen (secondary N) is 2. The molecule has 94 valence electrons. The second-order valence-electron chi connectivity index (χ2n) is 5.04. The van der Waals surface area contributed by atoms with Crippen LogP contribution in [0.25, 0.3) is 0 Å².